The van der Waals surface area contributed by atoms with Gasteiger partial charge < -0.3 is 9.64 Å². The lowest BCUT2D eigenvalue weighted by atomic mass is 9.84. The summed E-state index contributed by atoms with van der Waals surface area (Å²) < 4.78 is 34.0. The number of aryl methyl sites for hydroxylation is 2. The van der Waals surface area contributed by atoms with Gasteiger partial charge in [-0.1, -0.05) is 0 Å². The molecule has 7 heteroatoms. The van der Waals surface area contributed by atoms with Crippen LogP contribution in [-0.4, -0.2) is 82.0 Å². The predicted molar refractivity (Wildman–Crippen MR) is 103 cm³/mol. The molecule has 2 fully saturated rings. The van der Waals surface area contributed by atoms with E-state index >= 15 is 0 Å². The lowest BCUT2D eigenvalue weighted by Crippen LogP contribution is -2.64. The summed E-state index contributed by atoms with van der Waals surface area (Å²) in [6.07, 6.45) is 1.99. The third kappa shape index (κ3) is 3.38. The number of hydrogen-bond donors (Lipinski definition) is 0. The lowest BCUT2D eigenvalue weighted by molar-refractivity contribution is 0.00211. The number of ether oxygens (including phenoxy) is 1. The van der Waals surface area contributed by atoms with Crippen molar-refractivity contribution in [1.29, 1.82) is 0 Å². The Labute approximate surface area is 157 Å². The molecule has 1 aromatic rings. The van der Waals surface area contributed by atoms with E-state index in [0.717, 1.165) is 43.6 Å². The predicted octanol–water partition coefficient (Wildman–Crippen LogP) is 1.71. The minimum absolute atomic E-state index is 0.0647. The molecule has 0 amide bonds. The number of methoxy groups -OCH3 is 1. The molecule has 0 aromatic heterocycles. The summed E-state index contributed by atoms with van der Waals surface area (Å²) in [5.74, 6) is 0.435. The van der Waals surface area contributed by atoms with E-state index in [4.69, 9.17) is 4.74 Å². The molecule has 146 valence electrons. The Kier molecular flexibility index (Phi) is 5.36. The topological polar surface area (TPSA) is 53.1 Å². The number of likely N-dealkylation sites (N-methyl/N-ethyl adjacent to an activating group) is 1. The van der Waals surface area contributed by atoms with Crippen LogP contribution < -0.4 is 4.74 Å². The largest absolute Gasteiger partial charge is 0.495 e. The van der Waals surface area contributed by atoms with E-state index in [1.807, 2.05) is 19.9 Å². The van der Waals surface area contributed by atoms with E-state index in [1.165, 1.54) is 7.11 Å². The number of likely N-dealkylation sites (tertiary alicyclic amines) is 1. The molecule has 1 aromatic carbocycles. The summed E-state index contributed by atoms with van der Waals surface area (Å²) in [5.41, 5.74) is 1.93. The lowest BCUT2D eigenvalue weighted by Gasteiger charge is -2.52. The molecule has 0 radical (unpaired) electrons. The quantitative estimate of drug-likeness (QED) is 0.798. The fraction of sp³-hybridized carbons (Fsp3) is 0.684. The second kappa shape index (κ2) is 7.11. The van der Waals surface area contributed by atoms with Crippen LogP contribution in [0, 0.1) is 13.8 Å². The first-order valence-electron chi connectivity index (χ1n) is 9.25. The van der Waals surface area contributed by atoms with Gasteiger partial charge in [0.15, 0.2) is 0 Å². The molecule has 0 atom stereocenters. The smallest absolute Gasteiger partial charge is 0.246 e. The van der Waals surface area contributed by atoms with E-state index in [2.05, 4.69) is 23.9 Å². The maximum Gasteiger partial charge on any atom is 0.246 e. The van der Waals surface area contributed by atoms with Crippen LogP contribution in [0.1, 0.15) is 24.0 Å². The normalized spacial score (nSPS) is 22.7. The Morgan fingerprint density at radius 3 is 2.23 bits per heavy atom. The summed E-state index contributed by atoms with van der Waals surface area (Å²) in [5, 5.41) is 0. The zero-order valence-corrected chi connectivity index (χ0v) is 17.4. The number of rotatable bonds is 3. The Morgan fingerprint density at radius 2 is 1.62 bits per heavy atom. The molecular formula is C19H31N3O3S. The van der Waals surface area contributed by atoms with Crippen molar-refractivity contribution in [2.24, 2.45) is 0 Å². The van der Waals surface area contributed by atoms with Crippen molar-refractivity contribution in [1.82, 2.24) is 14.1 Å². The third-order valence-corrected chi connectivity index (χ3v) is 8.15. The first-order valence-corrected chi connectivity index (χ1v) is 10.7. The maximum absolute atomic E-state index is 13.4. The van der Waals surface area contributed by atoms with Crippen LogP contribution in [0.5, 0.6) is 5.75 Å². The van der Waals surface area contributed by atoms with Gasteiger partial charge in [0.1, 0.15) is 10.6 Å². The minimum atomic E-state index is -3.59. The zero-order valence-electron chi connectivity index (χ0n) is 16.6. The van der Waals surface area contributed by atoms with Crippen LogP contribution in [-0.2, 0) is 10.0 Å². The molecule has 3 rings (SSSR count). The fourth-order valence-electron chi connectivity index (χ4n) is 4.07. The van der Waals surface area contributed by atoms with Gasteiger partial charge in [0.05, 0.1) is 7.11 Å². The molecule has 26 heavy (non-hydrogen) atoms. The zero-order chi connectivity index (χ0) is 19.1. The van der Waals surface area contributed by atoms with Crippen LogP contribution in [0.3, 0.4) is 0 Å². The SMILES string of the molecule is COc1cc(C)c(C)cc1S(=O)(=O)N1CCN(C)C2(CCN(C)CC2)C1. The van der Waals surface area contributed by atoms with Gasteiger partial charge >= 0.3 is 0 Å². The summed E-state index contributed by atoms with van der Waals surface area (Å²) >= 11 is 0. The maximum atomic E-state index is 13.4. The average Bonchev–Trinajstić information content (AvgIpc) is 2.61. The highest BCUT2D eigenvalue weighted by atomic mass is 32.2. The molecule has 2 heterocycles. The van der Waals surface area contributed by atoms with Crippen LogP contribution in [0.2, 0.25) is 0 Å². The number of piperidine rings is 1. The van der Waals surface area contributed by atoms with E-state index in [0.29, 0.717) is 18.8 Å². The van der Waals surface area contributed by atoms with Crippen molar-refractivity contribution >= 4 is 10.0 Å². The summed E-state index contributed by atoms with van der Waals surface area (Å²) in [4.78, 5) is 4.97. The molecule has 0 N–H and O–H groups in total. The third-order valence-electron chi connectivity index (χ3n) is 6.28. The molecule has 0 unspecified atom stereocenters. The van der Waals surface area contributed by atoms with Crippen molar-refractivity contribution in [3.63, 3.8) is 0 Å². The standard InChI is InChI=1S/C19H31N3O3S/c1-15-12-17(25-5)18(13-16(15)2)26(23,24)22-11-10-21(4)19(14-22)6-8-20(3)9-7-19/h12-13H,6-11,14H2,1-5H3. The van der Waals surface area contributed by atoms with Crippen LogP contribution >= 0.6 is 0 Å². The molecule has 0 aliphatic carbocycles. The van der Waals surface area contributed by atoms with Crippen LogP contribution in [0.25, 0.3) is 0 Å². The Morgan fingerprint density at radius 1 is 1.00 bits per heavy atom. The molecule has 6 nitrogen and oxygen atoms in total. The van der Waals surface area contributed by atoms with Crippen LogP contribution in [0.4, 0.5) is 0 Å². The van der Waals surface area contributed by atoms with Gasteiger partial charge in [0.2, 0.25) is 10.0 Å². The van der Waals surface area contributed by atoms with Gasteiger partial charge in [-0.2, -0.15) is 4.31 Å². The molecule has 2 aliphatic rings. The minimum Gasteiger partial charge on any atom is -0.495 e. The van der Waals surface area contributed by atoms with E-state index < -0.39 is 10.0 Å². The second-order valence-corrected chi connectivity index (χ2v) is 9.78. The Balaban J connectivity index is 1.94. The first kappa shape index (κ1) is 19.6. The Hall–Kier alpha value is -1.15. The van der Waals surface area contributed by atoms with Crippen molar-refractivity contribution < 1.29 is 13.2 Å². The van der Waals surface area contributed by atoms with E-state index in [1.54, 1.807) is 10.4 Å². The molecular weight excluding hydrogens is 350 g/mol. The number of hydrogen-bond acceptors (Lipinski definition) is 5. The van der Waals surface area contributed by atoms with Crippen molar-refractivity contribution in [2.45, 2.75) is 37.1 Å². The number of nitrogens with zero attached hydrogens (tertiary/aromatic N) is 3. The van der Waals surface area contributed by atoms with Gasteiger partial charge in [-0.05, 0) is 77.1 Å². The summed E-state index contributed by atoms with van der Waals surface area (Å²) in [7, 11) is 2.20. The number of benzene rings is 1. The molecule has 2 saturated heterocycles. The highest BCUT2D eigenvalue weighted by Gasteiger charge is 2.45. The van der Waals surface area contributed by atoms with Gasteiger partial charge in [-0.25, -0.2) is 8.42 Å². The van der Waals surface area contributed by atoms with Crippen molar-refractivity contribution in [2.75, 3.05) is 53.9 Å². The van der Waals surface area contributed by atoms with E-state index in [-0.39, 0.29) is 10.4 Å². The average molecular weight is 382 g/mol. The van der Waals surface area contributed by atoms with Gasteiger partial charge in [-0.15, -0.1) is 0 Å². The second-order valence-electron chi connectivity index (χ2n) is 7.88. The summed E-state index contributed by atoms with van der Waals surface area (Å²) in [6, 6.07) is 3.58. The fourth-order valence-corrected chi connectivity index (χ4v) is 5.80. The van der Waals surface area contributed by atoms with Crippen molar-refractivity contribution in [3.8, 4) is 5.75 Å². The highest BCUT2D eigenvalue weighted by Crippen LogP contribution is 2.36. The monoisotopic (exact) mass is 381 g/mol. The first-order chi connectivity index (χ1) is 12.2. The van der Waals surface area contributed by atoms with Gasteiger partial charge in [0.25, 0.3) is 0 Å². The van der Waals surface area contributed by atoms with Gasteiger partial charge in [-0.3, -0.25) is 4.90 Å². The molecule has 2 aliphatic heterocycles. The molecule has 0 bridgehead atoms. The van der Waals surface area contributed by atoms with Crippen molar-refractivity contribution in [3.05, 3.63) is 23.3 Å². The summed E-state index contributed by atoms with van der Waals surface area (Å²) in [6.45, 7) is 7.75. The number of piperazine rings is 1. The molecule has 1 spiro atoms. The Bertz CT molecular complexity index is 770. The van der Waals surface area contributed by atoms with E-state index in [9.17, 15) is 8.42 Å². The highest BCUT2D eigenvalue weighted by molar-refractivity contribution is 7.89. The molecule has 0 saturated carbocycles. The van der Waals surface area contributed by atoms with Gasteiger partial charge in [0, 0.05) is 25.2 Å². The van der Waals surface area contributed by atoms with Crippen LogP contribution in [0.15, 0.2) is 17.0 Å². The number of sulfonamides is 1.